The van der Waals surface area contributed by atoms with Crippen LogP contribution in [0.25, 0.3) is 11.3 Å². The fourth-order valence-electron chi connectivity index (χ4n) is 3.15. The van der Waals surface area contributed by atoms with E-state index in [4.69, 9.17) is 11.6 Å². The number of amides is 1. The fraction of sp³-hybridized carbons (Fsp3) is 0.150. The summed E-state index contributed by atoms with van der Waals surface area (Å²) in [4.78, 5) is 17.2. The maximum Gasteiger partial charge on any atom is 0.255 e. The summed E-state index contributed by atoms with van der Waals surface area (Å²) in [5.41, 5.74) is 4.55. The topological polar surface area (TPSA) is 64.2 Å². The van der Waals surface area contributed by atoms with E-state index in [1.807, 2.05) is 60.8 Å². The molecule has 0 aliphatic rings. The molecule has 6 nitrogen and oxygen atoms in total. The van der Waals surface area contributed by atoms with E-state index in [0.717, 1.165) is 22.7 Å². The zero-order valence-corrected chi connectivity index (χ0v) is 15.7. The number of halogens is 1. The number of rotatable bonds is 4. The molecule has 0 fully saturated rings. The van der Waals surface area contributed by atoms with E-state index in [9.17, 15) is 4.79 Å². The highest BCUT2D eigenvalue weighted by atomic mass is 35.5. The van der Waals surface area contributed by atoms with Gasteiger partial charge in [0.25, 0.3) is 5.91 Å². The number of nitrogens with zero attached hydrogens (tertiary/aromatic N) is 4. The second-order valence-electron chi connectivity index (χ2n) is 6.32. The molecular weight excluding hydrogens is 362 g/mol. The highest BCUT2D eigenvalue weighted by Gasteiger charge is 2.19. The van der Waals surface area contributed by atoms with Crippen molar-refractivity contribution in [1.82, 2.24) is 24.5 Å². The van der Waals surface area contributed by atoms with Gasteiger partial charge in [-0.2, -0.15) is 5.10 Å². The molecule has 1 aromatic carbocycles. The molecule has 1 amide bonds. The van der Waals surface area contributed by atoms with Gasteiger partial charge in [0.2, 0.25) is 0 Å². The normalized spacial score (nSPS) is 11.1. The number of hydrogen-bond acceptors (Lipinski definition) is 3. The fourth-order valence-corrected chi connectivity index (χ4v) is 3.32. The van der Waals surface area contributed by atoms with Crippen LogP contribution in [0.5, 0.6) is 0 Å². The Morgan fingerprint density at radius 1 is 1.11 bits per heavy atom. The monoisotopic (exact) mass is 379 g/mol. The lowest BCUT2D eigenvalue weighted by molar-refractivity contribution is 0.0949. The summed E-state index contributed by atoms with van der Waals surface area (Å²) in [6.45, 7) is 4.07. The van der Waals surface area contributed by atoms with E-state index >= 15 is 0 Å². The predicted molar refractivity (Wildman–Crippen MR) is 104 cm³/mol. The van der Waals surface area contributed by atoms with Crippen molar-refractivity contribution in [1.29, 1.82) is 0 Å². The first-order valence-corrected chi connectivity index (χ1v) is 8.93. The van der Waals surface area contributed by atoms with Crippen LogP contribution >= 0.6 is 11.6 Å². The average molecular weight is 380 g/mol. The Hall–Kier alpha value is -3.12. The zero-order valence-electron chi connectivity index (χ0n) is 15.0. The number of carbonyl (C=O) groups excluding carboxylic acids is 1. The smallest absolute Gasteiger partial charge is 0.255 e. The Labute approximate surface area is 161 Å². The van der Waals surface area contributed by atoms with E-state index in [-0.39, 0.29) is 5.91 Å². The van der Waals surface area contributed by atoms with E-state index in [2.05, 4.69) is 15.4 Å². The largest absolute Gasteiger partial charge is 0.346 e. The number of imidazole rings is 1. The molecule has 4 rings (SSSR count). The van der Waals surface area contributed by atoms with Crippen LogP contribution in [0.1, 0.15) is 27.4 Å². The van der Waals surface area contributed by atoms with Gasteiger partial charge in [-0.25, -0.2) is 9.67 Å². The van der Waals surface area contributed by atoms with Gasteiger partial charge in [-0.05, 0) is 38.1 Å². The van der Waals surface area contributed by atoms with Crippen LogP contribution in [0.4, 0.5) is 0 Å². The summed E-state index contributed by atoms with van der Waals surface area (Å²) >= 11 is 6.00. The minimum Gasteiger partial charge on any atom is -0.346 e. The summed E-state index contributed by atoms with van der Waals surface area (Å²) in [7, 11) is 0. The van der Waals surface area contributed by atoms with Crippen LogP contribution < -0.4 is 5.32 Å². The first kappa shape index (κ1) is 17.3. The van der Waals surface area contributed by atoms with Gasteiger partial charge in [-0.3, -0.25) is 4.79 Å². The van der Waals surface area contributed by atoms with Crippen LogP contribution in [-0.4, -0.2) is 25.1 Å². The van der Waals surface area contributed by atoms with E-state index in [0.29, 0.717) is 22.8 Å². The molecule has 1 N–H and O–H groups in total. The van der Waals surface area contributed by atoms with Gasteiger partial charge in [-0.15, -0.1) is 0 Å². The van der Waals surface area contributed by atoms with E-state index < -0.39 is 0 Å². The summed E-state index contributed by atoms with van der Waals surface area (Å²) in [6.07, 6.45) is 3.64. The summed E-state index contributed by atoms with van der Waals surface area (Å²) in [5.74, 6) is -0.165. The molecule has 136 valence electrons. The van der Waals surface area contributed by atoms with Gasteiger partial charge in [0.05, 0.1) is 39.9 Å². The summed E-state index contributed by atoms with van der Waals surface area (Å²) in [5, 5.41) is 8.09. The number of benzene rings is 1. The third-order valence-corrected chi connectivity index (χ3v) is 4.64. The van der Waals surface area contributed by atoms with Crippen LogP contribution in [0.2, 0.25) is 5.02 Å². The highest BCUT2D eigenvalue weighted by Crippen LogP contribution is 2.18. The van der Waals surface area contributed by atoms with Crippen LogP contribution in [0.15, 0.2) is 54.9 Å². The van der Waals surface area contributed by atoms with Crippen LogP contribution in [0, 0.1) is 13.8 Å². The molecule has 0 saturated heterocycles. The van der Waals surface area contributed by atoms with Crippen LogP contribution in [0.3, 0.4) is 0 Å². The molecule has 0 saturated carbocycles. The Bertz CT molecular complexity index is 1130. The third kappa shape index (κ3) is 3.31. The van der Waals surface area contributed by atoms with Crippen LogP contribution in [-0.2, 0) is 6.54 Å². The number of nitrogens with one attached hydrogen (secondary N) is 1. The molecule has 0 spiro atoms. The average Bonchev–Trinajstić information content (AvgIpc) is 3.20. The Kier molecular flexibility index (Phi) is 4.41. The molecule has 0 radical (unpaired) electrons. The van der Waals surface area contributed by atoms with Crippen molar-refractivity contribution in [3.63, 3.8) is 0 Å². The van der Waals surface area contributed by atoms with Crippen molar-refractivity contribution in [2.24, 2.45) is 0 Å². The second-order valence-corrected chi connectivity index (χ2v) is 6.76. The Morgan fingerprint density at radius 2 is 1.89 bits per heavy atom. The molecule has 3 heterocycles. The lowest BCUT2D eigenvalue weighted by Gasteiger charge is -2.06. The van der Waals surface area contributed by atoms with Gasteiger partial charge in [0.1, 0.15) is 5.65 Å². The number of pyridine rings is 1. The molecule has 0 unspecified atom stereocenters. The van der Waals surface area contributed by atoms with Gasteiger partial charge in [-0.1, -0.05) is 29.8 Å². The minimum absolute atomic E-state index is 0.165. The molecule has 3 aromatic heterocycles. The molecule has 7 heteroatoms. The molecule has 27 heavy (non-hydrogen) atoms. The summed E-state index contributed by atoms with van der Waals surface area (Å²) in [6, 6.07) is 13.4. The minimum atomic E-state index is -0.165. The van der Waals surface area contributed by atoms with Crippen molar-refractivity contribution < 1.29 is 4.79 Å². The van der Waals surface area contributed by atoms with Crippen molar-refractivity contribution >= 4 is 23.2 Å². The number of para-hydroxylation sites is 1. The SMILES string of the molecule is Cc1nn(-c2ccccc2)c(C)c1C(=O)NCc1cn2cc(Cl)ccc2n1. The number of aryl methyl sites for hydroxylation is 1. The zero-order chi connectivity index (χ0) is 19.0. The molecular formula is C20H18ClN5O. The molecule has 0 atom stereocenters. The summed E-state index contributed by atoms with van der Waals surface area (Å²) < 4.78 is 3.63. The van der Waals surface area contributed by atoms with Crippen molar-refractivity contribution in [2.75, 3.05) is 0 Å². The number of aromatic nitrogens is 4. The van der Waals surface area contributed by atoms with E-state index in [1.54, 1.807) is 16.9 Å². The van der Waals surface area contributed by atoms with Crippen molar-refractivity contribution in [2.45, 2.75) is 20.4 Å². The van der Waals surface area contributed by atoms with Gasteiger partial charge in [0, 0.05) is 12.4 Å². The van der Waals surface area contributed by atoms with Gasteiger partial charge >= 0.3 is 0 Å². The predicted octanol–water partition coefficient (Wildman–Crippen LogP) is 3.72. The second kappa shape index (κ2) is 6.89. The third-order valence-electron chi connectivity index (χ3n) is 4.41. The van der Waals surface area contributed by atoms with Crippen molar-refractivity contribution in [3.05, 3.63) is 82.5 Å². The first-order valence-electron chi connectivity index (χ1n) is 8.56. The molecule has 0 aliphatic carbocycles. The van der Waals surface area contributed by atoms with Gasteiger partial charge < -0.3 is 9.72 Å². The lowest BCUT2D eigenvalue weighted by atomic mass is 10.2. The van der Waals surface area contributed by atoms with E-state index in [1.165, 1.54) is 0 Å². The number of carbonyl (C=O) groups is 1. The Balaban J connectivity index is 1.55. The number of hydrogen-bond donors (Lipinski definition) is 1. The first-order chi connectivity index (χ1) is 13.0. The quantitative estimate of drug-likeness (QED) is 0.587. The molecule has 0 aliphatic heterocycles. The maximum absolute atomic E-state index is 12.8. The number of fused-ring (bicyclic) bond motifs is 1. The van der Waals surface area contributed by atoms with Gasteiger partial charge in [0.15, 0.2) is 0 Å². The molecule has 0 bridgehead atoms. The Morgan fingerprint density at radius 3 is 2.67 bits per heavy atom. The van der Waals surface area contributed by atoms with Crippen molar-refractivity contribution in [3.8, 4) is 5.69 Å². The lowest BCUT2D eigenvalue weighted by Crippen LogP contribution is -2.24. The standard InChI is InChI=1S/C20H18ClN5O/c1-13-19(14(2)26(24-13)17-6-4-3-5-7-17)20(27)22-10-16-12-25-11-15(21)8-9-18(25)23-16/h3-9,11-12H,10H2,1-2H3,(H,22,27). The maximum atomic E-state index is 12.8. The highest BCUT2D eigenvalue weighted by molar-refractivity contribution is 6.30. The molecule has 4 aromatic rings.